The molecule has 0 aromatic rings. The zero-order valence-corrected chi connectivity index (χ0v) is 7.97. The molecule has 0 saturated carbocycles. The van der Waals surface area contributed by atoms with Gasteiger partial charge in [-0.1, -0.05) is 0 Å². The van der Waals surface area contributed by atoms with Gasteiger partial charge in [-0.3, -0.25) is 4.79 Å². The van der Waals surface area contributed by atoms with Gasteiger partial charge in [0, 0.05) is 0 Å². The van der Waals surface area contributed by atoms with Crippen molar-refractivity contribution in [2.45, 2.75) is 18.9 Å². The van der Waals surface area contributed by atoms with Crippen LogP contribution in [-0.2, 0) is 14.4 Å². The number of hydrogen-bond acceptors (Lipinski definition) is 5. The summed E-state index contributed by atoms with van der Waals surface area (Å²) in [4.78, 5) is 26.3. The molecule has 0 radical (unpaired) electrons. The maximum Gasteiger partial charge on any atom is 0.348 e. The number of thiol groups is 1. The van der Waals surface area contributed by atoms with Crippen LogP contribution in [0.4, 0.5) is 0 Å². The maximum atomic E-state index is 11.1. The predicted molar refractivity (Wildman–Crippen MR) is 49.1 cm³/mol. The quantitative estimate of drug-likeness (QED) is 0.409. The van der Waals surface area contributed by atoms with E-state index in [2.05, 4.69) is 22.8 Å². The third kappa shape index (κ3) is 3.23. The Labute approximate surface area is 81.6 Å². The molecular weight excluding hydrogens is 192 g/mol. The molecule has 1 fully saturated rings. The summed E-state index contributed by atoms with van der Waals surface area (Å²) in [5.74, 6) is -0.854. The average molecular weight is 204 g/mol. The number of carbonyl (C=O) groups is 2. The Morgan fingerprint density at radius 3 is 2.92 bits per heavy atom. The highest BCUT2D eigenvalue weighted by molar-refractivity contribution is 7.81. The first kappa shape index (κ1) is 10.3. The number of hydroxylamine groups is 1. The van der Waals surface area contributed by atoms with Crippen LogP contribution in [0.5, 0.6) is 0 Å². The summed E-state index contributed by atoms with van der Waals surface area (Å²) in [7, 11) is 0. The molecule has 1 rings (SSSR count). The SMILES string of the molecule is O=C(CS)NOC(=O)[C@@H]1CCCN1. The summed E-state index contributed by atoms with van der Waals surface area (Å²) >= 11 is 3.71. The van der Waals surface area contributed by atoms with E-state index in [0.29, 0.717) is 0 Å². The summed E-state index contributed by atoms with van der Waals surface area (Å²) in [6, 6.07) is -0.278. The zero-order chi connectivity index (χ0) is 9.68. The number of carbonyl (C=O) groups excluding carboxylic acids is 2. The van der Waals surface area contributed by atoms with Gasteiger partial charge in [0.2, 0.25) is 0 Å². The van der Waals surface area contributed by atoms with Crippen LogP contribution in [0, 0.1) is 0 Å². The Morgan fingerprint density at radius 2 is 2.38 bits per heavy atom. The van der Waals surface area contributed by atoms with Gasteiger partial charge in [0.1, 0.15) is 6.04 Å². The minimum absolute atomic E-state index is 0.00533. The van der Waals surface area contributed by atoms with E-state index in [0.717, 1.165) is 19.4 Å². The fourth-order valence-electron chi connectivity index (χ4n) is 1.10. The molecule has 0 spiro atoms. The monoisotopic (exact) mass is 204 g/mol. The van der Waals surface area contributed by atoms with E-state index in [1.807, 2.05) is 5.48 Å². The van der Waals surface area contributed by atoms with Gasteiger partial charge >= 0.3 is 5.97 Å². The van der Waals surface area contributed by atoms with E-state index in [1.165, 1.54) is 0 Å². The lowest BCUT2D eigenvalue weighted by Crippen LogP contribution is -2.38. The molecule has 0 aromatic heterocycles. The van der Waals surface area contributed by atoms with E-state index in [-0.39, 0.29) is 11.8 Å². The lowest BCUT2D eigenvalue weighted by Gasteiger charge is -2.08. The third-order valence-corrected chi connectivity index (χ3v) is 2.04. The summed E-state index contributed by atoms with van der Waals surface area (Å²) < 4.78 is 0. The normalized spacial score (nSPS) is 21.2. The first-order valence-corrected chi connectivity index (χ1v) is 4.71. The van der Waals surface area contributed by atoms with Gasteiger partial charge in [-0.05, 0) is 19.4 Å². The molecule has 1 atom stereocenters. The topological polar surface area (TPSA) is 67.4 Å². The van der Waals surface area contributed by atoms with Crippen LogP contribution >= 0.6 is 12.6 Å². The van der Waals surface area contributed by atoms with E-state index < -0.39 is 11.9 Å². The molecule has 1 heterocycles. The molecular formula is C7H12N2O3S. The fraction of sp³-hybridized carbons (Fsp3) is 0.714. The Morgan fingerprint density at radius 1 is 1.62 bits per heavy atom. The molecule has 6 heteroatoms. The van der Waals surface area contributed by atoms with Crippen LogP contribution in [0.15, 0.2) is 0 Å². The van der Waals surface area contributed by atoms with Gasteiger partial charge in [0.05, 0.1) is 5.75 Å². The van der Waals surface area contributed by atoms with Gasteiger partial charge in [-0.2, -0.15) is 18.1 Å². The van der Waals surface area contributed by atoms with Crippen LogP contribution in [-0.4, -0.2) is 30.2 Å². The van der Waals surface area contributed by atoms with Crippen LogP contribution in [0.2, 0.25) is 0 Å². The molecule has 74 valence electrons. The first-order valence-electron chi connectivity index (χ1n) is 4.08. The lowest BCUT2D eigenvalue weighted by atomic mass is 10.2. The molecule has 1 saturated heterocycles. The standard InChI is InChI=1S/C7H12N2O3S/c10-6(4-13)9-12-7(11)5-2-1-3-8-5/h5,8,13H,1-4H2,(H,9,10)/t5-/m0/s1. The molecule has 1 amide bonds. The molecule has 1 aliphatic heterocycles. The Balaban J connectivity index is 2.20. The molecule has 5 nitrogen and oxygen atoms in total. The second-order valence-corrected chi connectivity index (χ2v) is 3.07. The van der Waals surface area contributed by atoms with E-state index in [1.54, 1.807) is 0 Å². The third-order valence-electron chi connectivity index (χ3n) is 1.75. The summed E-state index contributed by atoms with van der Waals surface area (Å²) in [5.41, 5.74) is 2.00. The lowest BCUT2D eigenvalue weighted by molar-refractivity contribution is -0.159. The van der Waals surface area contributed by atoms with Gasteiger partial charge in [-0.15, -0.1) is 0 Å². The second-order valence-electron chi connectivity index (χ2n) is 2.75. The largest absolute Gasteiger partial charge is 0.348 e. The van der Waals surface area contributed by atoms with Gasteiger partial charge < -0.3 is 10.2 Å². The highest BCUT2D eigenvalue weighted by atomic mass is 32.1. The molecule has 13 heavy (non-hydrogen) atoms. The zero-order valence-electron chi connectivity index (χ0n) is 7.08. The van der Waals surface area contributed by atoms with Crippen LogP contribution in [0.1, 0.15) is 12.8 Å². The van der Waals surface area contributed by atoms with Crippen molar-refractivity contribution in [2.75, 3.05) is 12.3 Å². The van der Waals surface area contributed by atoms with E-state index >= 15 is 0 Å². The molecule has 0 bridgehead atoms. The number of rotatable bonds is 2. The smallest absolute Gasteiger partial charge is 0.339 e. The molecule has 0 unspecified atom stereocenters. The van der Waals surface area contributed by atoms with Crippen molar-refractivity contribution in [1.29, 1.82) is 0 Å². The van der Waals surface area contributed by atoms with Crippen molar-refractivity contribution in [3.05, 3.63) is 0 Å². The Kier molecular flexibility index (Phi) is 4.04. The number of nitrogens with one attached hydrogen (secondary N) is 2. The fourth-order valence-corrected chi connectivity index (χ4v) is 1.16. The van der Waals surface area contributed by atoms with Crippen LogP contribution in [0.3, 0.4) is 0 Å². The van der Waals surface area contributed by atoms with Crippen LogP contribution in [0.25, 0.3) is 0 Å². The Bertz CT molecular complexity index is 204. The minimum atomic E-state index is -0.437. The summed E-state index contributed by atoms with van der Waals surface area (Å²) in [5, 5.41) is 2.95. The van der Waals surface area contributed by atoms with Crippen molar-refractivity contribution in [3.63, 3.8) is 0 Å². The summed E-state index contributed by atoms with van der Waals surface area (Å²) in [6.45, 7) is 0.820. The van der Waals surface area contributed by atoms with Crippen molar-refractivity contribution in [1.82, 2.24) is 10.8 Å². The van der Waals surface area contributed by atoms with Crippen molar-refractivity contribution < 1.29 is 14.4 Å². The van der Waals surface area contributed by atoms with Gasteiger partial charge in [0.25, 0.3) is 5.91 Å². The van der Waals surface area contributed by atoms with Crippen molar-refractivity contribution in [3.8, 4) is 0 Å². The number of amides is 1. The van der Waals surface area contributed by atoms with Gasteiger partial charge in [-0.25, -0.2) is 4.79 Å². The highest BCUT2D eigenvalue weighted by Gasteiger charge is 2.24. The van der Waals surface area contributed by atoms with Crippen molar-refractivity contribution >= 4 is 24.5 Å². The molecule has 1 aliphatic rings. The predicted octanol–water partition coefficient (Wildman–Crippen LogP) is -0.757. The first-order chi connectivity index (χ1) is 6.24. The highest BCUT2D eigenvalue weighted by Crippen LogP contribution is 2.05. The van der Waals surface area contributed by atoms with E-state index in [4.69, 9.17) is 0 Å². The average Bonchev–Trinajstić information content (AvgIpc) is 2.66. The maximum absolute atomic E-state index is 11.1. The molecule has 0 aliphatic carbocycles. The van der Waals surface area contributed by atoms with E-state index in [9.17, 15) is 9.59 Å². The van der Waals surface area contributed by atoms with Crippen molar-refractivity contribution in [2.24, 2.45) is 0 Å². The summed E-state index contributed by atoms with van der Waals surface area (Å²) in [6.07, 6.45) is 1.72. The van der Waals surface area contributed by atoms with Crippen LogP contribution < -0.4 is 10.8 Å². The second kappa shape index (κ2) is 5.08. The van der Waals surface area contributed by atoms with Gasteiger partial charge in [0.15, 0.2) is 0 Å². The Hall–Kier alpha value is -0.750. The minimum Gasteiger partial charge on any atom is -0.339 e. The molecule has 0 aromatic carbocycles. The number of hydrogen-bond donors (Lipinski definition) is 3. The molecule has 2 N–H and O–H groups in total.